The molecule has 0 atom stereocenters. The fourth-order valence-corrected chi connectivity index (χ4v) is 3.46. The largest absolute Gasteiger partial charge is 0.361 e. The quantitative estimate of drug-likeness (QED) is 0.814. The van der Waals surface area contributed by atoms with Gasteiger partial charge in [-0.2, -0.15) is 0 Å². The Balaban J connectivity index is 1.78. The average molecular weight is 319 g/mol. The highest BCUT2D eigenvalue weighted by atomic mass is 35.5. The molecule has 1 saturated carbocycles. The molecule has 1 aromatic carbocycles. The molecule has 1 amide bonds. The van der Waals surface area contributed by atoms with Crippen molar-refractivity contribution in [3.63, 3.8) is 0 Å². The highest BCUT2D eigenvalue weighted by Crippen LogP contribution is 2.50. The van der Waals surface area contributed by atoms with Crippen molar-refractivity contribution < 1.29 is 4.79 Å². The number of carbonyl (C=O) groups is 1. The molecule has 0 spiro atoms. The molecule has 0 radical (unpaired) electrons. The molecule has 2 N–H and O–H groups in total. The predicted octanol–water partition coefficient (Wildman–Crippen LogP) is 4.41. The van der Waals surface area contributed by atoms with E-state index in [1.54, 1.807) is 0 Å². The molecule has 0 unspecified atom stereocenters. The molecule has 0 aliphatic heterocycles. The molecule has 3 rings (SSSR count). The Hall–Kier alpha value is -1.48. The van der Waals surface area contributed by atoms with Gasteiger partial charge in [0, 0.05) is 40.0 Å². The number of nitrogens with one attached hydrogen (secondary N) is 2. The zero-order chi connectivity index (χ0) is 15.7. The van der Waals surface area contributed by atoms with E-state index in [0.29, 0.717) is 0 Å². The van der Waals surface area contributed by atoms with Gasteiger partial charge in [0.15, 0.2) is 0 Å². The van der Waals surface area contributed by atoms with E-state index in [2.05, 4.69) is 30.3 Å². The number of hydrogen-bond donors (Lipinski definition) is 2. The van der Waals surface area contributed by atoms with Crippen molar-refractivity contribution in [2.24, 2.45) is 5.92 Å². The van der Waals surface area contributed by atoms with Crippen LogP contribution in [0.1, 0.15) is 45.1 Å². The summed E-state index contributed by atoms with van der Waals surface area (Å²) in [5.41, 5.74) is 2.48. The second-order valence-corrected chi connectivity index (χ2v) is 6.84. The second kappa shape index (κ2) is 5.96. The number of H-pyrrole nitrogens is 1. The van der Waals surface area contributed by atoms with Crippen molar-refractivity contribution in [1.29, 1.82) is 0 Å². The van der Waals surface area contributed by atoms with Gasteiger partial charge in [0.1, 0.15) is 0 Å². The van der Waals surface area contributed by atoms with Crippen molar-refractivity contribution in [3.05, 3.63) is 35.0 Å². The molecule has 2 aromatic rings. The monoisotopic (exact) mass is 318 g/mol. The fraction of sp³-hybridized carbons (Fsp3) is 0.500. The first kappa shape index (κ1) is 15.4. The summed E-state index contributed by atoms with van der Waals surface area (Å²) in [6, 6.07) is 5.93. The zero-order valence-corrected chi connectivity index (χ0v) is 14.0. The van der Waals surface area contributed by atoms with Crippen molar-refractivity contribution in [3.8, 4) is 0 Å². The molecule has 1 heterocycles. The SMILES string of the molecule is CCC(CC)C(=O)NCC1(c2c[nH]c3ccc(Cl)cc23)CC1. The van der Waals surface area contributed by atoms with Gasteiger partial charge in [-0.1, -0.05) is 25.4 Å². The van der Waals surface area contributed by atoms with Crippen LogP contribution < -0.4 is 5.32 Å². The molecule has 4 heteroatoms. The lowest BCUT2D eigenvalue weighted by molar-refractivity contribution is -0.125. The van der Waals surface area contributed by atoms with Gasteiger partial charge in [-0.3, -0.25) is 4.79 Å². The van der Waals surface area contributed by atoms with E-state index >= 15 is 0 Å². The van der Waals surface area contributed by atoms with Crippen LogP contribution in [0, 0.1) is 5.92 Å². The smallest absolute Gasteiger partial charge is 0.223 e. The molecular formula is C18H23ClN2O. The molecule has 3 nitrogen and oxygen atoms in total. The second-order valence-electron chi connectivity index (χ2n) is 6.40. The van der Waals surface area contributed by atoms with Gasteiger partial charge in [0.2, 0.25) is 5.91 Å². The lowest BCUT2D eigenvalue weighted by atomic mass is 9.94. The van der Waals surface area contributed by atoms with Crippen LogP contribution >= 0.6 is 11.6 Å². The van der Waals surface area contributed by atoms with Gasteiger partial charge < -0.3 is 10.3 Å². The van der Waals surface area contributed by atoms with E-state index in [4.69, 9.17) is 11.6 Å². The number of fused-ring (bicyclic) bond motifs is 1. The van der Waals surface area contributed by atoms with Gasteiger partial charge in [-0.25, -0.2) is 0 Å². The predicted molar refractivity (Wildman–Crippen MR) is 91.3 cm³/mol. The maximum absolute atomic E-state index is 12.2. The van der Waals surface area contributed by atoms with E-state index in [9.17, 15) is 4.79 Å². The molecule has 22 heavy (non-hydrogen) atoms. The average Bonchev–Trinajstić information content (AvgIpc) is 3.19. The minimum Gasteiger partial charge on any atom is -0.361 e. The summed E-state index contributed by atoms with van der Waals surface area (Å²) < 4.78 is 0. The number of aromatic amines is 1. The van der Waals surface area contributed by atoms with Gasteiger partial charge in [-0.05, 0) is 49.4 Å². The van der Waals surface area contributed by atoms with Crippen molar-refractivity contribution in [2.45, 2.75) is 44.9 Å². The number of amides is 1. The summed E-state index contributed by atoms with van der Waals surface area (Å²) in [6.45, 7) is 4.87. The number of halogens is 1. The van der Waals surface area contributed by atoms with Gasteiger partial charge >= 0.3 is 0 Å². The van der Waals surface area contributed by atoms with E-state index in [0.717, 1.165) is 42.8 Å². The first-order valence-electron chi connectivity index (χ1n) is 8.14. The zero-order valence-electron chi connectivity index (χ0n) is 13.2. The lowest BCUT2D eigenvalue weighted by Crippen LogP contribution is -2.36. The molecule has 0 saturated heterocycles. The van der Waals surface area contributed by atoms with E-state index in [1.165, 1.54) is 10.9 Å². The number of carbonyl (C=O) groups excluding carboxylic acids is 1. The Kier molecular flexibility index (Phi) is 4.18. The topological polar surface area (TPSA) is 44.9 Å². The third-order valence-corrected chi connectivity index (χ3v) is 5.26. The summed E-state index contributed by atoms with van der Waals surface area (Å²) in [6.07, 6.45) is 6.12. The molecule has 118 valence electrons. The molecule has 1 fully saturated rings. The van der Waals surface area contributed by atoms with Crippen LogP contribution in [0.2, 0.25) is 5.02 Å². The van der Waals surface area contributed by atoms with Gasteiger partial charge in [-0.15, -0.1) is 0 Å². The molecular weight excluding hydrogens is 296 g/mol. The van der Waals surface area contributed by atoms with Crippen LogP contribution in [-0.2, 0) is 10.2 Å². The van der Waals surface area contributed by atoms with Crippen LogP contribution in [0.3, 0.4) is 0 Å². The first-order chi connectivity index (χ1) is 10.6. The maximum Gasteiger partial charge on any atom is 0.223 e. The summed E-state index contributed by atoms with van der Waals surface area (Å²) in [7, 11) is 0. The number of aromatic nitrogens is 1. The van der Waals surface area contributed by atoms with E-state index in [1.807, 2.05) is 18.2 Å². The Morgan fingerprint density at radius 1 is 1.36 bits per heavy atom. The summed E-state index contributed by atoms with van der Waals surface area (Å²) in [4.78, 5) is 15.5. The van der Waals surface area contributed by atoms with Crippen LogP contribution in [0.4, 0.5) is 0 Å². The summed E-state index contributed by atoms with van der Waals surface area (Å²) >= 11 is 6.14. The lowest BCUT2D eigenvalue weighted by Gasteiger charge is -2.18. The summed E-state index contributed by atoms with van der Waals surface area (Å²) in [5, 5.41) is 5.11. The normalized spacial score (nSPS) is 16.2. The van der Waals surface area contributed by atoms with Crippen LogP contribution in [0.5, 0.6) is 0 Å². The molecule has 0 bridgehead atoms. The Bertz CT molecular complexity index is 683. The van der Waals surface area contributed by atoms with Crippen LogP contribution in [-0.4, -0.2) is 17.4 Å². The first-order valence-corrected chi connectivity index (χ1v) is 8.52. The third-order valence-electron chi connectivity index (χ3n) is 5.03. The molecule has 1 aliphatic carbocycles. The Morgan fingerprint density at radius 3 is 2.73 bits per heavy atom. The molecule has 1 aromatic heterocycles. The summed E-state index contributed by atoms with van der Waals surface area (Å²) in [5.74, 6) is 0.322. The van der Waals surface area contributed by atoms with Gasteiger partial charge in [0.05, 0.1) is 0 Å². The van der Waals surface area contributed by atoms with Crippen molar-refractivity contribution >= 4 is 28.4 Å². The highest BCUT2D eigenvalue weighted by molar-refractivity contribution is 6.31. The Morgan fingerprint density at radius 2 is 2.09 bits per heavy atom. The van der Waals surface area contributed by atoms with E-state index in [-0.39, 0.29) is 17.2 Å². The number of hydrogen-bond acceptors (Lipinski definition) is 1. The van der Waals surface area contributed by atoms with Gasteiger partial charge in [0.25, 0.3) is 0 Å². The minimum atomic E-state index is 0.0879. The number of benzene rings is 1. The third kappa shape index (κ3) is 2.74. The standard InChI is InChI=1S/C18H23ClN2O/c1-3-12(4-2)17(22)21-11-18(7-8-18)15-10-20-16-6-5-13(19)9-14(15)16/h5-6,9-10,12,20H,3-4,7-8,11H2,1-2H3,(H,21,22). The van der Waals surface area contributed by atoms with Crippen LogP contribution in [0.15, 0.2) is 24.4 Å². The van der Waals surface area contributed by atoms with Crippen LogP contribution in [0.25, 0.3) is 10.9 Å². The minimum absolute atomic E-state index is 0.0879. The van der Waals surface area contributed by atoms with Crippen molar-refractivity contribution in [2.75, 3.05) is 6.54 Å². The highest BCUT2D eigenvalue weighted by Gasteiger charge is 2.46. The van der Waals surface area contributed by atoms with Crippen molar-refractivity contribution in [1.82, 2.24) is 10.3 Å². The molecule has 1 aliphatic rings. The fourth-order valence-electron chi connectivity index (χ4n) is 3.28. The number of rotatable bonds is 6. The Labute approximate surface area is 136 Å². The van der Waals surface area contributed by atoms with E-state index < -0.39 is 0 Å². The maximum atomic E-state index is 12.2.